The molecule has 2 saturated heterocycles. The lowest BCUT2D eigenvalue weighted by atomic mass is 10.1. The third kappa shape index (κ3) is 3.35. The molecule has 1 aromatic rings. The lowest BCUT2D eigenvalue weighted by Crippen LogP contribution is -2.39. The zero-order chi connectivity index (χ0) is 12.7. The first-order valence-corrected chi connectivity index (χ1v) is 8.54. The van der Waals surface area contributed by atoms with Crippen LogP contribution in [0.5, 0.6) is 0 Å². The van der Waals surface area contributed by atoms with Crippen LogP contribution in [0.15, 0.2) is 13.6 Å². The van der Waals surface area contributed by atoms with E-state index in [9.17, 15) is 4.79 Å². The Morgan fingerprint density at radius 3 is 2.74 bits per heavy atom. The van der Waals surface area contributed by atoms with Gasteiger partial charge in [-0.1, -0.05) is 0 Å². The number of carbonyl (C=O) groups is 1. The van der Waals surface area contributed by atoms with Crippen molar-refractivity contribution in [3.05, 3.63) is 19.2 Å². The van der Waals surface area contributed by atoms with Crippen molar-refractivity contribution in [1.82, 2.24) is 10.2 Å². The van der Waals surface area contributed by atoms with Gasteiger partial charge in [-0.3, -0.25) is 4.79 Å². The molecule has 2 aliphatic rings. The van der Waals surface area contributed by atoms with Gasteiger partial charge >= 0.3 is 0 Å². The van der Waals surface area contributed by atoms with Gasteiger partial charge in [0.2, 0.25) is 0 Å². The maximum atomic E-state index is 12.5. The molecule has 2 atom stereocenters. The quantitative estimate of drug-likeness (QED) is 0.738. The highest BCUT2D eigenvalue weighted by Crippen LogP contribution is 2.33. The molecule has 2 unspecified atom stereocenters. The minimum atomic E-state index is 0. The van der Waals surface area contributed by atoms with Crippen molar-refractivity contribution in [3.8, 4) is 0 Å². The largest absolute Gasteiger partial charge is 0.337 e. The predicted molar refractivity (Wildman–Crippen MR) is 87.4 cm³/mol. The number of fused-ring (bicyclic) bond motifs is 2. The molecule has 0 aliphatic carbocycles. The first-order valence-electron chi connectivity index (χ1n) is 6.13. The zero-order valence-corrected chi connectivity index (χ0v) is 15.0. The number of likely N-dealkylation sites (tertiary alicyclic amines) is 1. The second-order valence-corrected chi connectivity index (χ2v) is 8.66. The second-order valence-electron chi connectivity index (χ2n) is 4.92. The molecule has 0 aromatic carbocycles. The Bertz CT molecular complexity index is 482. The summed E-state index contributed by atoms with van der Waals surface area (Å²) in [6.45, 7) is 1.71. The lowest BCUT2D eigenvalue weighted by molar-refractivity contribution is 0.0748. The summed E-state index contributed by atoms with van der Waals surface area (Å²) < 4.78 is 1.91. The molecular formula is C12H15Br2ClN2OS. The summed E-state index contributed by atoms with van der Waals surface area (Å²) in [7, 11) is 0. The van der Waals surface area contributed by atoms with Crippen LogP contribution < -0.4 is 5.32 Å². The van der Waals surface area contributed by atoms with Crippen LogP contribution in [0.2, 0.25) is 0 Å². The topological polar surface area (TPSA) is 32.3 Å². The molecule has 1 N–H and O–H groups in total. The summed E-state index contributed by atoms with van der Waals surface area (Å²) in [4.78, 5) is 14.5. The number of amides is 1. The molecule has 3 nitrogen and oxygen atoms in total. The summed E-state index contributed by atoms with van der Waals surface area (Å²) in [5.74, 6) is 0.151. The van der Waals surface area contributed by atoms with Gasteiger partial charge < -0.3 is 10.2 Å². The van der Waals surface area contributed by atoms with E-state index < -0.39 is 0 Å². The van der Waals surface area contributed by atoms with E-state index in [1.165, 1.54) is 12.8 Å². The highest BCUT2D eigenvalue weighted by Gasteiger charge is 2.32. The van der Waals surface area contributed by atoms with E-state index in [2.05, 4.69) is 37.2 Å². The summed E-state index contributed by atoms with van der Waals surface area (Å²) in [6.07, 6.45) is 3.54. The number of halogens is 3. The third-order valence-corrected chi connectivity index (χ3v) is 6.04. The number of hydrogen-bond donors (Lipinski definition) is 1. The average Bonchev–Trinajstić information content (AvgIpc) is 2.81. The van der Waals surface area contributed by atoms with Crippen molar-refractivity contribution in [2.24, 2.45) is 0 Å². The number of nitrogens with one attached hydrogen (secondary N) is 1. The molecule has 0 spiro atoms. The minimum absolute atomic E-state index is 0. The minimum Gasteiger partial charge on any atom is -0.337 e. The van der Waals surface area contributed by atoms with Crippen LogP contribution in [0.4, 0.5) is 0 Å². The van der Waals surface area contributed by atoms with E-state index in [4.69, 9.17) is 0 Å². The Morgan fingerprint density at radius 2 is 2.05 bits per heavy atom. The van der Waals surface area contributed by atoms with Crippen LogP contribution >= 0.6 is 55.6 Å². The zero-order valence-electron chi connectivity index (χ0n) is 10.2. The van der Waals surface area contributed by atoms with Crippen molar-refractivity contribution in [2.75, 3.05) is 13.1 Å². The van der Waals surface area contributed by atoms with E-state index in [0.29, 0.717) is 12.1 Å². The van der Waals surface area contributed by atoms with E-state index in [-0.39, 0.29) is 18.3 Å². The molecule has 0 radical (unpaired) electrons. The Kier molecular flexibility index (Phi) is 5.34. The lowest BCUT2D eigenvalue weighted by Gasteiger charge is -2.24. The van der Waals surface area contributed by atoms with Gasteiger partial charge in [-0.25, -0.2) is 0 Å². The van der Waals surface area contributed by atoms with Gasteiger partial charge in [0.05, 0.1) is 13.1 Å². The smallest absolute Gasteiger partial charge is 0.255 e. The van der Waals surface area contributed by atoms with Crippen LogP contribution in [0.3, 0.4) is 0 Å². The normalized spacial score (nSPS) is 25.9. The van der Waals surface area contributed by atoms with E-state index in [1.54, 1.807) is 11.3 Å². The maximum Gasteiger partial charge on any atom is 0.255 e. The van der Waals surface area contributed by atoms with Crippen LogP contribution in [-0.4, -0.2) is 36.0 Å². The summed E-state index contributed by atoms with van der Waals surface area (Å²) in [6, 6.07) is 3.01. The molecule has 1 amide bonds. The number of thiophene rings is 1. The van der Waals surface area contributed by atoms with Gasteiger partial charge in [0.25, 0.3) is 5.91 Å². The van der Waals surface area contributed by atoms with Gasteiger partial charge in [0.1, 0.15) is 0 Å². The first-order chi connectivity index (χ1) is 8.63. The van der Waals surface area contributed by atoms with Crippen molar-refractivity contribution in [3.63, 3.8) is 0 Å². The first kappa shape index (κ1) is 15.8. The molecule has 7 heteroatoms. The molecule has 106 valence electrons. The Morgan fingerprint density at radius 1 is 1.32 bits per heavy atom. The van der Waals surface area contributed by atoms with E-state index >= 15 is 0 Å². The predicted octanol–water partition coefficient (Wildman–Crippen LogP) is 3.66. The van der Waals surface area contributed by atoms with Gasteiger partial charge in [-0.15, -0.1) is 23.7 Å². The van der Waals surface area contributed by atoms with Crippen LogP contribution in [0.25, 0.3) is 0 Å². The van der Waals surface area contributed by atoms with Gasteiger partial charge in [-0.2, -0.15) is 0 Å². The molecule has 3 rings (SSSR count). The molecule has 1 aromatic heterocycles. The van der Waals surface area contributed by atoms with Gasteiger partial charge in [0.15, 0.2) is 0 Å². The van der Waals surface area contributed by atoms with Crippen molar-refractivity contribution >= 4 is 61.5 Å². The second kappa shape index (κ2) is 6.43. The van der Waals surface area contributed by atoms with Crippen LogP contribution in [0.1, 0.15) is 29.6 Å². The molecule has 0 saturated carbocycles. The molecule has 2 bridgehead atoms. The Balaban J connectivity index is 0.00000133. The van der Waals surface area contributed by atoms with Crippen LogP contribution in [-0.2, 0) is 0 Å². The fourth-order valence-electron chi connectivity index (χ4n) is 2.78. The summed E-state index contributed by atoms with van der Waals surface area (Å²) >= 11 is 8.45. The Hall–Kier alpha value is 0.380. The highest BCUT2D eigenvalue weighted by atomic mass is 79.9. The SMILES string of the molecule is Cl.O=C(c1cc(Br)sc1Br)N1CCC2CCC(C1)N2. The molecular weight excluding hydrogens is 415 g/mol. The average molecular weight is 431 g/mol. The van der Waals surface area contributed by atoms with Crippen molar-refractivity contribution in [2.45, 2.75) is 31.3 Å². The highest BCUT2D eigenvalue weighted by molar-refractivity contribution is 9.12. The molecule has 3 heterocycles. The number of hydrogen-bond acceptors (Lipinski definition) is 3. The van der Waals surface area contributed by atoms with Gasteiger partial charge in [-0.05, 0) is 57.2 Å². The number of carbonyl (C=O) groups excluding carboxylic acids is 1. The maximum absolute atomic E-state index is 12.5. The fraction of sp³-hybridized carbons (Fsp3) is 0.583. The van der Waals surface area contributed by atoms with Crippen LogP contribution in [0, 0.1) is 0 Å². The van der Waals surface area contributed by atoms with E-state index in [0.717, 1.165) is 32.6 Å². The Labute approximate surface area is 139 Å². The third-order valence-electron chi connectivity index (χ3n) is 3.70. The standard InChI is InChI=1S/C12H14Br2N2OS.ClH/c13-10-5-9(11(14)18-10)12(17)16-4-3-7-1-2-8(6-16)15-7;/h5,7-8,15H,1-4,6H2;1H. The summed E-state index contributed by atoms with van der Waals surface area (Å²) in [5, 5.41) is 3.60. The summed E-state index contributed by atoms with van der Waals surface area (Å²) in [5.41, 5.74) is 0.782. The molecule has 19 heavy (non-hydrogen) atoms. The number of nitrogens with zero attached hydrogens (tertiary/aromatic N) is 1. The molecule has 2 aliphatic heterocycles. The van der Waals surface area contributed by atoms with E-state index in [1.807, 2.05) is 11.0 Å². The monoisotopic (exact) mass is 428 g/mol. The van der Waals surface area contributed by atoms with Gasteiger partial charge in [0, 0.05) is 25.2 Å². The fourth-order valence-corrected chi connectivity index (χ4v) is 5.56. The van der Waals surface area contributed by atoms with Crippen molar-refractivity contribution < 1.29 is 4.79 Å². The molecule has 2 fully saturated rings. The van der Waals surface area contributed by atoms with Crippen molar-refractivity contribution in [1.29, 1.82) is 0 Å². The number of rotatable bonds is 1.